The van der Waals surface area contributed by atoms with E-state index < -0.39 is 0 Å². The molecule has 106 valence electrons. The molecule has 0 aromatic heterocycles. The van der Waals surface area contributed by atoms with Gasteiger partial charge in [-0.2, -0.15) is 0 Å². The zero-order chi connectivity index (χ0) is 13.9. The predicted octanol–water partition coefficient (Wildman–Crippen LogP) is 4.48. The molecule has 0 heterocycles. The number of hydrogen-bond donors (Lipinski definition) is 1. The van der Waals surface area contributed by atoms with Gasteiger partial charge in [-0.1, -0.05) is 38.5 Å². The molecular weight excluding hydrogens is 234 g/mol. The number of nitrogens with one attached hydrogen (secondary N) is 1. The molecule has 0 bridgehead atoms. The van der Waals surface area contributed by atoms with Gasteiger partial charge < -0.3 is 10.1 Å². The third-order valence-corrected chi connectivity index (χ3v) is 3.09. The first-order valence-corrected chi connectivity index (χ1v) is 7.38. The second-order valence-corrected chi connectivity index (χ2v) is 4.80. The van der Waals surface area contributed by atoms with E-state index >= 15 is 0 Å². The Morgan fingerprint density at radius 1 is 1.21 bits per heavy atom. The van der Waals surface area contributed by atoms with E-state index in [2.05, 4.69) is 50.0 Å². The molecule has 0 aliphatic rings. The Labute approximate surface area is 117 Å². The van der Waals surface area contributed by atoms with Crippen molar-refractivity contribution in [3.63, 3.8) is 0 Å². The van der Waals surface area contributed by atoms with Crippen molar-refractivity contribution in [2.75, 3.05) is 13.2 Å². The van der Waals surface area contributed by atoms with Crippen molar-refractivity contribution in [1.29, 1.82) is 0 Å². The van der Waals surface area contributed by atoms with Crippen molar-refractivity contribution in [1.82, 2.24) is 5.32 Å². The zero-order valence-electron chi connectivity index (χ0n) is 12.3. The fraction of sp³-hybridized carbons (Fsp3) is 0.529. The van der Waals surface area contributed by atoms with Crippen molar-refractivity contribution in [3.05, 3.63) is 42.5 Å². The minimum atomic E-state index is 0.363. The van der Waals surface area contributed by atoms with Crippen molar-refractivity contribution in [3.8, 4) is 5.75 Å². The van der Waals surface area contributed by atoms with E-state index in [1.165, 1.54) is 12.0 Å². The van der Waals surface area contributed by atoms with Crippen LogP contribution >= 0.6 is 0 Å². The van der Waals surface area contributed by atoms with Gasteiger partial charge in [0.15, 0.2) is 0 Å². The number of hydrogen-bond acceptors (Lipinski definition) is 2. The minimum Gasteiger partial charge on any atom is -0.494 e. The monoisotopic (exact) mass is 261 g/mol. The molecular formula is C17H27NO. The molecule has 0 aliphatic heterocycles. The van der Waals surface area contributed by atoms with Gasteiger partial charge in [-0.05, 0) is 43.5 Å². The van der Waals surface area contributed by atoms with E-state index in [1.807, 2.05) is 6.08 Å². The summed E-state index contributed by atoms with van der Waals surface area (Å²) in [6.45, 7) is 10.0. The number of unbranched alkanes of at least 4 members (excludes halogenated alkanes) is 1. The third-order valence-electron chi connectivity index (χ3n) is 3.09. The van der Waals surface area contributed by atoms with Crippen molar-refractivity contribution >= 4 is 0 Å². The van der Waals surface area contributed by atoms with Crippen LogP contribution in [-0.2, 0) is 0 Å². The van der Waals surface area contributed by atoms with E-state index in [9.17, 15) is 0 Å². The normalized spacial score (nSPS) is 12.1. The number of ether oxygens (including phenoxy) is 1. The molecule has 1 aromatic rings. The highest BCUT2D eigenvalue weighted by molar-refractivity contribution is 5.29. The Kier molecular flexibility index (Phi) is 7.99. The maximum atomic E-state index is 5.68. The molecule has 19 heavy (non-hydrogen) atoms. The topological polar surface area (TPSA) is 21.3 Å². The quantitative estimate of drug-likeness (QED) is 0.495. The fourth-order valence-electron chi connectivity index (χ4n) is 1.95. The lowest BCUT2D eigenvalue weighted by molar-refractivity contribution is 0.309. The molecule has 0 spiro atoms. The smallest absolute Gasteiger partial charge is 0.119 e. The van der Waals surface area contributed by atoms with Crippen LogP contribution in [0.25, 0.3) is 0 Å². The maximum absolute atomic E-state index is 5.68. The van der Waals surface area contributed by atoms with Crippen LogP contribution in [0, 0.1) is 0 Å². The van der Waals surface area contributed by atoms with Crippen molar-refractivity contribution < 1.29 is 4.74 Å². The summed E-state index contributed by atoms with van der Waals surface area (Å²) < 4.78 is 5.68. The molecule has 1 atom stereocenters. The zero-order valence-corrected chi connectivity index (χ0v) is 12.3. The minimum absolute atomic E-state index is 0.363. The van der Waals surface area contributed by atoms with Gasteiger partial charge in [0.1, 0.15) is 5.75 Å². The summed E-state index contributed by atoms with van der Waals surface area (Å²) in [5.41, 5.74) is 1.30. The lowest BCUT2D eigenvalue weighted by atomic mass is 10.0. The Hall–Kier alpha value is -1.28. The van der Waals surface area contributed by atoms with Gasteiger partial charge in [0.25, 0.3) is 0 Å². The molecule has 1 aromatic carbocycles. The second kappa shape index (κ2) is 9.62. The first-order chi connectivity index (χ1) is 9.31. The molecule has 0 radical (unpaired) electrons. The lowest BCUT2D eigenvalue weighted by Gasteiger charge is -2.17. The van der Waals surface area contributed by atoms with Crippen LogP contribution in [0.3, 0.4) is 0 Å². The molecule has 1 unspecified atom stereocenters. The summed E-state index contributed by atoms with van der Waals surface area (Å²) in [6, 6.07) is 8.79. The maximum Gasteiger partial charge on any atom is 0.119 e. The average Bonchev–Trinajstić information content (AvgIpc) is 2.45. The van der Waals surface area contributed by atoms with Crippen LogP contribution in [0.1, 0.15) is 51.1 Å². The van der Waals surface area contributed by atoms with Gasteiger partial charge in [0, 0.05) is 6.04 Å². The first-order valence-electron chi connectivity index (χ1n) is 7.38. The van der Waals surface area contributed by atoms with Gasteiger partial charge in [-0.25, -0.2) is 0 Å². The molecule has 0 fully saturated rings. The second-order valence-electron chi connectivity index (χ2n) is 4.80. The van der Waals surface area contributed by atoms with Crippen LogP contribution in [0.4, 0.5) is 0 Å². The van der Waals surface area contributed by atoms with Crippen LogP contribution in [0.15, 0.2) is 36.9 Å². The molecule has 1 N–H and O–H groups in total. The van der Waals surface area contributed by atoms with Crippen molar-refractivity contribution in [2.24, 2.45) is 0 Å². The van der Waals surface area contributed by atoms with Gasteiger partial charge in [0.2, 0.25) is 0 Å². The lowest BCUT2D eigenvalue weighted by Crippen LogP contribution is -2.21. The van der Waals surface area contributed by atoms with E-state index in [1.54, 1.807) is 0 Å². The molecule has 0 saturated carbocycles. The van der Waals surface area contributed by atoms with E-state index in [-0.39, 0.29) is 0 Å². The standard InChI is InChI=1S/C17H27NO/c1-4-7-14-19-16-11-9-15(10-12-16)17(8-5-2)18-13-6-3/h5,9-12,17-18H,2,4,6-8,13-14H2,1,3H3. The molecule has 2 heteroatoms. The molecule has 2 nitrogen and oxygen atoms in total. The summed E-state index contributed by atoms with van der Waals surface area (Å²) in [5, 5.41) is 3.55. The first kappa shape index (κ1) is 15.8. The summed E-state index contributed by atoms with van der Waals surface area (Å²) in [4.78, 5) is 0. The Balaban J connectivity index is 2.57. The molecule has 0 aliphatic carbocycles. The fourth-order valence-corrected chi connectivity index (χ4v) is 1.95. The Morgan fingerprint density at radius 3 is 2.53 bits per heavy atom. The van der Waals surface area contributed by atoms with Crippen molar-refractivity contribution in [2.45, 2.75) is 45.6 Å². The van der Waals surface area contributed by atoms with Crippen LogP contribution in [-0.4, -0.2) is 13.2 Å². The summed E-state index contributed by atoms with van der Waals surface area (Å²) in [5.74, 6) is 0.963. The van der Waals surface area contributed by atoms with Gasteiger partial charge in [-0.3, -0.25) is 0 Å². The summed E-state index contributed by atoms with van der Waals surface area (Å²) in [7, 11) is 0. The highest BCUT2D eigenvalue weighted by Gasteiger charge is 2.08. The Bertz CT molecular complexity index is 345. The number of benzene rings is 1. The van der Waals surface area contributed by atoms with Gasteiger partial charge in [0.05, 0.1) is 6.61 Å². The van der Waals surface area contributed by atoms with Gasteiger partial charge >= 0.3 is 0 Å². The van der Waals surface area contributed by atoms with E-state index in [4.69, 9.17) is 4.74 Å². The predicted molar refractivity (Wildman–Crippen MR) is 82.7 cm³/mol. The summed E-state index contributed by atoms with van der Waals surface area (Å²) >= 11 is 0. The van der Waals surface area contributed by atoms with E-state index in [0.717, 1.165) is 38.2 Å². The molecule has 1 rings (SSSR count). The SMILES string of the molecule is C=CCC(NCCC)c1ccc(OCCCC)cc1. The number of rotatable bonds is 10. The Morgan fingerprint density at radius 2 is 1.95 bits per heavy atom. The average molecular weight is 261 g/mol. The third kappa shape index (κ3) is 5.93. The van der Waals surface area contributed by atoms with E-state index in [0.29, 0.717) is 6.04 Å². The van der Waals surface area contributed by atoms with Crippen LogP contribution in [0.5, 0.6) is 5.75 Å². The molecule has 0 amide bonds. The highest BCUT2D eigenvalue weighted by atomic mass is 16.5. The summed E-state index contributed by atoms with van der Waals surface area (Å²) in [6.07, 6.45) is 6.35. The molecule has 0 saturated heterocycles. The highest BCUT2D eigenvalue weighted by Crippen LogP contribution is 2.21. The van der Waals surface area contributed by atoms with Gasteiger partial charge in [-0.15, -0.1) is 6.58 Å². The van der Waals surface area contributed by atoms with Crippen LogP contribution < -0.4 is 10.1 Å². The largest absolute Gasteiger partial charge is 0.494 e. The van der Waals surface area contributed by atoms with Crippen LogP contribution in [0.2, 0.25) is 0 Å².